The molecule has 4 rings (SSSR count). The summed E-state index contributed by atoms with van der Waals surface area (Å²) in [5.74, 6) is 0.385. The van der Waals surface area contributed by atoms with E-state index >= 15 is 0 Å². The van der Waals surface area contributed by atoms with Gasteiger partial charge in [-0.05, 0) is 114 Å². The molecule has 2 N–H and O–H groups in total. The van der Waals surface area contributed by atoms with E-state index in [-0.39, 0.29) is 46.8 Å². The Morgan fingerprint density at radius 2 is 1.02 bits per heavy atom. The summed E-state index contributed by atoms with van der Waals surface area (Å²) in [4.78, 5) is 28.2. The summed E-state index contributed by atoms with van der Waals surface area (Å²) in [6, 6.07) is 12.1. The van der Waals surface area contributed by atoms with Crippen LogP contribution in [-0.2, 0) is 28.9 Å². The SMILES string of the molecule is CCOC(=O)C1CCN(CC(O)COc2ccc(S(=O)(=O)c3ccc(OCC(O)CN4CCC(C(=O)OCC)CC4)cc3)cc2)CC1. The van der Waals surface area contributed by atoms with Crippen molar-refractivity contribution in [2.24, 2.45) is 11.8 Å². The minimum absolute atomic E-state index is 0.0496. The number of aliphatic hydroxyl groups is 2. The van der Waals surface area contributed by atoms with E-state index in [1.807, 2.05) is 0 Å². The van der Waals surface area contributed by atoms with Crippen LogP contribution in [-0.4, -0.2) is 118 Å². The van der Waals surface area contributed by atoms with Gasteiger partial charge >= 0.3 is 11.9 Å². The number of ether oxygens (including phenoxy) is 4. The van der Waals surface area contributed by atoms with Gasteiger partial charge in [-0.3, -0.25) is 9.59 Å². The smallest absolute Gasteiger partial charge is 0.309 e. The third-order valence-electron chi connectivity index (χ3n) is 8.51. The molecule has 0 amide bonds. The van der Waals surface area contributed by atoms with E-state index in [0.717, 1.165) is 0 Å². The number of likely N-dealkylation sites (tertiary alicyclic amines) is 2. The van der Waals surface area contributed by atoms with Crippen molar-refractivity contribution in [3.05, 3.63) is 48.5 Å². The van der Waals surface area contributed by atoms with E-state index in [1.54, 1.807) is 38.1 Å². The molecule has 0 radical (unpaired) electrons. The molecule has 2 aromatic rings. The van der Waals surface area contributed by atoms with Gasteiger partial charge in [0.15, 0.2) is 0 Å². The number of carbonyl (C=O) groups is 2. The highest BCUT2D eigenvalue weighted by Crippen LogP contribution is 2.26. The molecule has 47 heavy (non-hydrogen) atoms. The van der Waals surface area contributed by atoms with Crippen LogP contribution in [0.15, 0.2) is 58.3 Å². The van der Waals surface area contributed by atoms with Crippen molar-refractivity contribution in [3.63, 3.8) is 0 Å². The number of hydrogen-bond donors (Lipinski definition) is 2. The molecule has 0 aromatic heterocycles. The zero-order chi connectivity index (χ0) is 33.8. The number of sulfone groups is 1. The molecule has 2 fully saturated rings. The van der Waals surface area contributed by atoms with Gasteiger partial charge in [-0.1, -0.05) is 0 Å². The number of esters is 2. The highest BCUT2D eigenvalue weighted by atomic mass is 32.2. The first kappa shape index (κ1) is 36.6. The van der Waals surface area contributed by atoms with Crippen LogP contribution in [0.5, 0.6) is 11.5 Å². The minimum Gasteiger partial charge on any atom is -0.491 e. The molecule has 2 aliphatic rings. The Hall–Kier alpha value is -3.23. The standard InChI is InChI=1S/C34H48N2O10S/c1-3-43-33(39)25-13-17-35(18-14-25)21-27(37)23-45-29-5-9-31(10-6-29)47(41,42)32-11-7-30(8-12-32)46-24-28(38)22-36-19-15-26(16-20-36)34(40)44-4-2/h5-12,25-28,37-38H,3-4,13-24H2,1-2H3. The summed E-state index contributed by atoms with van der Waals surface area (Å²) >= 11 is 0. The normalized spacial score (nSPS) is 18.3. The second-order valence-corrected chi connectivity index (χ2v) is 14.0. The fraction of sp³-hybridized carbons (Fsp3) is 0.588. The lowest BCUT2D eigenvalue weighted by Crippen LogP contribution is -2.42. The molecule has 2 unspecified atom stereocenters. The molecule has 2 aliphatic heterocycles. The molecule has 0 bridgehead atoms. The van der Waals surface area contributed by atoms with Crippen molar-refractivity contribution in [1.82, 2.24) is 9.80 Å². The number of β-amino-alcohol motifs (C(OH)–C–C–N with tert-alkyl or cyclic N) is 2. The molecule has 0 spiro atoms. The first-order chi connectivity index (χ1) is 22.6. The first-order valence-electron chi connectivity index (χ1n) is 16.4. The van der Waals surface area contributed by atoms with Crippen molar-refractivity contribution in [2.75, 3.05) is 65.7 Å². The second kappa shape index (κ2) is 17.8. The fourth-order valence-corrected chi connectivity index (χ4v) is 7.14. The minimum atomic E-state index is -3.79. The molecule has 2 atom stereocenters. The van der Waals surface area contributed by atoms with Crippen LogP contribution in [0.3, 0.4) is 0 Å². The van der Waals surface area contributed by atoms with E-state index in [4.69, 9.17) is 18.9 Å². The van der Waals surface area contributed by atoms with Crippen LogP contribution >= 0.6 is 0 Å². The molecule has 13 heteroatoms. The summed E-state index contributed by atoms with van der Waals surface area (Å²) < 4.78 is 48.0. The van der Waals surface area contributed by atoms with Crippen molar-refractivity contribution in [3.8, 4) is 11.5 Å². The predicted molar refractivity (Wildman–Crippen MR) is 173 cm³/mol. The molecule has 260 valence electrons. The molecular weight excluding hydrogens is 628 g/mol. The third-order valence-corrected chi connectivity index (χ3v) is 10.3. The number of piperidine rings is 2. The van der Waals surface area contributed by atoms with Gasteiger partial charge in [0.1, 0.15) is 36.9 Å². The number of aliphatic hydroxyl groups excluding tert-OH is 2. The predicted octanol–water partition coefficient (Wildman–Crippen LogP) is 2.55. The lowest BCUT2D eigenvalue weighted by Gasteiger charge is -2.32. The number of carbonyl (C=O) groups excluding carboxylic acids is 2. The molecule has 12 nitrogen and oxygen atoms in total. The van der Waals surface area contributed by atoms with Gasteiger partial charge in [0.2, 0.25) is 9.84 Å². The highest BCUT2D eigenvalue weighted by Gasteiger charge is 2.28. The molecule has 2 saturated heterocycles. The molecule has 2 aromatic carbocycles. The van der Waals surface area contributed by atoms with E-state index in [0.29, 0.717) is 89.7 Å². The van der Waals surface area contributed by atoms with Crippen LogP contribution in [0.2, 0.25) is 0 Å². The zero-order valence-corrected chi connectivity index (χ0v) is 28.1. The fourth-order valence-electron chi connectivity index (χ4n) is 5.88. The Bertz CT molecular complexity index is 1270. The molecule has 0 aliphatic carbocycles. The zero-order valence-electron chi connectivity index (χ0n) is 27.3. The third kappa shape index (κ3) is 10.9. The number of nitrogens with zero attached hydrogens (tertiary/aromatic N) is 2. The largest absolute Gasteiger partial charge is 0.491 e. The Morgan fingerprint density at radius 3 is 1.34 bits per heavy atom. The van der Waals surface area contributed by atoms with Gasteiger partial charge in [-0.2, -0.15) is 0 Å². The van der Waals surface area contributed by atoms with E-state index < -0.39 is 22.0 Å². The first-order valence-corrected chi connectivity index (χ1v) is 17.9. The summed E-state index contributed by atoms with van der Waals surface area (Å²) in [6.07, 6.45) is 1.30. The average Bonchev–Trinajstić information content (AvgIpc) is 3.07. The topological polar surface area (TPSA) is 152 Å². The van der Waals surface area contributed by atoms with Crippen molar-refractivity contribution >= 4 is 21.8 Å². The number of hydrogen-bond acceptors (Lipinski definition) is 12. The number of benzene rings is 2. The van der Waals surface area contributed by atoms with Crippen molar-refractivity contribution < 1.29 is 47.2 Å². The van der Waals surface area contributed by atoms with Crippen LogP contribution in [0.1, 0.15) is 39.5 Å². The maximum Gasteiger partial charge on any atom is 0.309 e. The Labute approximate surface area is 277 Å². The molecule has 2 heterocycles. The quantitative estimate of drug-likeness (QED) is 0.252. The van der Waals surface area contributed by atoms with E-state index in [2.05, 4.69) is 9.80 Å². The average molecular weight is 677 g/mol. The Balaban J connectivity index is 1.18. The van der Waals surface area contributed by atoms with Gasteiger partial charge in [0.25, 0.3) is 0 Å². The van der Waals surface area contributed by atoms with Gasteiger partial charge < -0.3 is 39.0 Å². The van der Waals surface area contributed by atoms with Crippen LogP contribution in [0.4, 0.5) is 0 Å². The summed E-state index contributed by atoms with van der Waals surface area (Å²) in [6.45, 7) is 8.06. The van der Waals surface area contributed by atoms with Gasteiger partial charge in [-0.25, -0.2) is 8.42 Å². The summed E-state index contributed by atoms with van der Waals surface area (Å²) in [5, 5.41) is 20.9. The van der Waals surface area contributed by atoms with E-state index in [9.17, 15) is 28.2 Å². The summed E-state index contributed by atoms with van der Waals surface area (Å²) in [5.41, 5.74) is 0. The monoisotopic (exact) mass is 676 g/mol. The van der Waals surface area contributed by atoms with Gasteiger partial charge in [0.05, 0.1) is 34.8 Å². The van der Waals surface area contributed by atoms with Gasteiger partial charge in [0, 0.05) is 13.1 Å². The van der Waals surface area contributed by atoms with Gasteiger partial charge in [-0.15, -0.1) is 0 Å². The molecule has 0 saturated carbocycles. The van der Waals surface area contributed by atoms with Crippen LogP contribution in [0, 0.1) is 11.8 Å². The molecular formula is C34H48N2O10S. The van der Waals surface area contributed by atoms with Crippen molar-refractivity contribution in [1.29, 1.82) is 0 Å². The maximum absolute atomic E-state index is 13.2. The lowest BCUT2D eigenvalue weighted by atomic mass is 9.97. The maximum atomic E-state index is 13.2. The van der Waals surface area contributed by atoms with Crippen LogP contribution < -0.4 is 9.47 Å². The highest BCUT2D eigenvalue weighted by molar-refractivity contribution is 7.91. The Kier molecular flexibility index (Phi) is 13.9. The van der Waals surface area contributed by atoms with Crippen LogP contribution in [0.25, 0.3) is 0 Å². The summed E-state index contributed by atoms with van der Waals surface area (Å²) in [7, 11) is -3.79. The lowest BCUT2D eigenvalue weighted by molar-refractivity contribution is -0.150. The van der Waals surface area contributed by atoms with Crippen molar-refractivity contribution in [2.45, 2.75) is 61.5 Å². The number of rotatable bonds is 16. The van der Waals surface area contributed by atoms with E-state index in [1.165, 1.54) is 24.3 Å². The Morgan fingerprint density at radius 1 is 0.681 bits per heavy atom. The second-order valence-electron chi connectivity index (χ2n) is 12.0.